The van der Waals surface area contributed by atoms with E-state index >= 15 is 0 Å². The van der Waals surface area contributed by atoms with Gasteiger partial charge in [0.15, 0.2) is 4.98 Å². The molecule has 4 N–H and O–H groups in total. The maximum Gasteiger partial charge on any atom is 0.385 e. The van der Waals surface area contributed by atoms with Crippen molar-refractivity contribution >= 4 is 29.6 Å². The average Bonchev–Trinajstić information content (AvgIpc) is 2.57. The average molecular weight is 431 g/mol. The molecule has 0 spiro atoms. The van der Waals surface area contributed by atoms with Gasteiger partial charge in [-0.15, -0.1) is 0 Å². The normalized spacial score (nSPS) is 11.3. The van der Waals surface area contributed by atoms with Crippen LogP contribution in [0.25, 0.3) is 4.98 Å². The molecular formula is C16H19ClN4O8. The zero-order chi connectivity index (χ0) is 21.3. The Morgan fingerprint density at radius 1 is 0.828 bits per heavy atom. The molecule has 1 unspecified atom stereocenters. The molecule has 158 valence electrons. The Kier molecular flexibility index (Phi) is 10.9. The Morgan fingerprint density at radius 2 is 1.24 bits per heavy atom. The van der Waals surface area contributed by atoms with Crippen LogP contribution in [0, 0.1) is 5.39 Å². The van der Waals surface area contributed by atoms with Crippen LogP contribution in [0.2, 0.25) is 0 Å². The predicted molar refractivity (Wildman–Crippen MR) is 92.5 cm³/mol. The van der Waals surface area contributed by atoms with Crippen molar-refractivity contribution < 1.29 is 52.0 Å². The second-order valence-corrected chi connectivity index (χ2v) is 5.86. The maximum atomic E-state index is 11.2. The van der Waals surface area contributed by atoms with Crippen molar-refractivity contribution in [1.82, 2.24) is 9.80 Å². The van der Waals surface area contributed by atoms with Crippen molar-refractivity contribution in [2.45, 2.75) is 6.04 Å². The molecule has 0 radical (unpaired) electrons. The van der Waals surface area contributed by atoms with Gasteiger partial charge < -0.3 is 32.8 Å². The van der Waals surface area contributed by atoms with Crippen molar-refractivity contribution in [2.75, 3.05) is 32.7 Å². The van der Waals surface area contributed by atoms with Crippen LogP contribution < -0.4 is 12.4 Å². The fourth-order valence-corrected chi connectivity index (χ4v) is 2.63. The van der Waals surface area contributed by atoms with Gasteiger partial charge in [0.1, 0.15) is 0 Å². The summed E-state index contributed by atoms with van der Waals surface area (Å²) in [6.07, 6.45) is 0. The lowest BCUT2D eigenvalue weighted by Gasteiger charge is -2.33. The minimum absolute atomic E-state index is 0. The molecule has 0 aliphatic carbocycles. The van der Waals surface area contributed by atoms with Crippen LogP contribution in [0.3, 0.4) is 0 Å². The number of benzene rings is 1. The van der Waals surface area contributed by atoms with E-state index in [4.69, 9.17) is 25.8 Å². The summed E-state index contributed by atoms with van der Waals surface area (Å²) in [6.45, 7) is -2.87. The summed E-state index contributed by atoms with van der Waals surface area (Å²) in [6, 6.07) is 4.74. The molecular weight excluding hydrogens is 412 g/mol. The van der Waals surface area contributed by atoms with E-state index in [9.17, 15) is 19.2 Å². The highest BCUT2D eigenvalue weighted by Crippen LogP contribution is 2.24. The zero-order valence-corrected chi connectivity index (χ0v) is 15.8. The number of diazo groups is 1. The fourth-order valence-electron chi connectivity index (χ4n) is 2.63. The summed E-state index contributed by atoms with van der Waals surface area (Å²) in [5, 5.41) is 45.0. The van der Waals surface area contributed by atoms with Crippen molar-refractivity contribution in [2.24, 2.45) is 0 Å². The monoisotopic (exact) mass is 430 g/mol. The smallest absolute Gasteiger partial charge is 0.385 e. The van der Waals surface area contributed by atoms with Gasteiger partial charge in [0, 0.05) is 24.7 Å². The van der Waals surface area contributed by atoms with Gasteiger partial charge in [-0.05, 0) is 17.7 Å². The van der Waals surface area contributed by atoms with Crippen molar-refractivity contribution in [3.63, 3.8) is 0 Å². The summed E-state index contributed by atoms with van der Waals surface area (Å²) in [4.78, 5) is 49.6. The van der Waals surface area contributed by atoms with E-state index in [2.05, 4.69) is 4.98 Å². The molecule has 1 atom stereocenters. The fraction of sp³-hybridized carbons (Fsp3) is 0.375. The predicted octanol–water partition coefficient (Wildman–Crippen LogP) is -2.84. The molecule has 12 nitrogen and oxygen atoms in total. The van der Waals surface area contributed by atoms with Gasteiger partial charge >= 0.3 is 29.6 Å². The molecule has 0 amide bonds. The topological polar surface area (TPSA) is 184 Å². The van der Waals surface area contributed by atoms with Gasteiger partial charge in [0.2, 0.25) is 5.39 Å². The number of aliphatic carboxylic acids is 4. The quantitative estimate of drug-likeness (QED) is 0.250. The van der Waals surface area contributed by atoms with Crippen LogP contribution in [0.15, 0.2) is 24.3 Å². The molecule has 1 rings (SSSR count). The van der Waals surface area contributed by atoms with Crippen molar-refractivity contribution in [3.8, 4) is 0 Å². The largest absolute Gasteiger partial charge is 1.00 e. The first-order chi connectivity index (χ1) is 13.1. The minimum Gasteiger partial charge on any atom is -1.00 e. The van der Waals surface area contributed by atoms with Crippen LogP contribution in [-0.4, -0.2) is 86.8 Å². The van der Waals surface area contributed by atoms with Crippen LogP contribution in [-0.2, 0) is 19.2 Å². The number of hydrogen-bond acceptors (Lipinski definition) is 7. The molecule has 0 aromatic heterocycles. The second-order valence-electron chi connectivity index (χ2n) is 5.86. The molecule has 0 aliphatic rings. The van der Waals surface area contributed by atoms with E-state index in [-0.39, 0.29) is 24.6 Å². The number of nitrogens with zero attached hydrogens (tertiary/aromatic N) is 4. The Bertz CT molecular complexity index is 748. The lowest BCUT2D eigenvalue weighted by atomic mass is 10.0. The number of rotatable bonds is 12. The Morgan fingerprint density at radius 3 is 1.59 bits per heavy atom. The van der Waals surface area contributed by atoms with E-state index in [1.807, 2.05) is 0 Å². The van der Waals surface area contributed by atoms with E-state index in [1.165, 1.54) is 24.3 Å². The van der Waals surface area contributed by atoms with E-state index in [0.29, 0.717) is 5.56 Å². The molecule has 0 fully saturated rings. The highest BCUT2D eigenvalue weighted by Gasteiger charge is 2.28. The zero-order valence-electron chi connectivity index (χ0n) is 15.0. The minimum atomic E-state index is -1.31. The summed E-state index contributed by atoms with van der Waals surface area (Å²) >= 11 is 0. The van der Waals surface area contributed by atoms with Crippen LogP contribution in [0.5, 0.6) is 0 Å². The molecule has 0 bridgehead atoms. The van der Waals surface area contributed by atoms with Gasteiger partial charge in [-0.2, -0.15) is 0 Å². The summed E-state index contributed by atoms with van der Waals surface area (Å²) in [7, 11) is 0. The molecule has 0 saturated carbocycles. The molecule has 0 saturated heterocycles. The highest BCUT2D eigenvalue weighted by molar-refractivity contribution is 5.73. The summed E-state index contributed by atoms with van der Waals surface area (Å²) in [5.74, 6) is -5.21. The van der Waals surface area contributed by atoms with Gasteiger partial charge in [0.25, 0.3) is 0 Å². The lowest BCUT2D eigenvalue weighted by molar-refractivity contribution is -0.146. The third kappa shape index (κ3) is 9.47. The first-order valence-electron chi connectivity index (χ1n) is 7.91. The number of carboxylic acids is 4. The second kappa shape index (κ2) is 12.2. The van der Waals surface area contributed by atoms with Gasteiger partial charge in [-0.3, -0.25) is 29.0 Å². The maximum absolute atomic E-state index is 11.2. The number of carboxylic acid groups (broad SMARTS) is 4. The molecule has 13 heteroatoms. The van der Waals surface area contributed by atoms with E-state index < -0.39 is 56.1 Å². The lowest BCUT2D eigenvalue weighted by Crippen LogP contribution is -3.00. The summed E-state index contributed by atoms with van der Waals surface area (Å²) < 4.78 is 0. The number of hydrogen-bond donors (Lipinski definition) is 4. The third-order valence-electron chi connectivity index (χ3n) is 3.66. The van der Waals surface area contributed by atoms with Crippen LogP contribution in [0.1, 0.15) is 11.6 Å². The Balaban J connectivity index is 0.00000784. The van der Waals surface area contributed by atoms with Crippen LogP contribution >= 0.6 is 0 Å². The standard InChI is InChI=1S/C16H18N4O8.ClH/c17-18-11-3-1-10(2-4-11)12(20(8-15(25)26)9-16(27)28)5-19(6-13(21)22)7-14(23)24;/h1-4,12H,5-9H2,(H3-,21,22,23,24,25,26,27,28);1H. The number of carbonyl (C=O) groups is 4. The Labute approximate surface area is 171 Å². The Hall–Kier alpha value is -3.27. The third-order valence-corrected chi connectivity index (χ3v) is 3.66. The summed E-state index contributed by atoms with van der Waals surface area (Å²) in [5.41, 5.74) is 0.592. The first-order valence-corrected chi connectivity index (χ1v) is 7.91. The van der Waals surface area contributed by atoms with E-state index in [1.54, 1.807) is 0 Å². The van der Waals surface area contributed by atoms with E-state index in [0.717, 1.165) is 9.80 Å². The molecule has 0 heterocycles. The van der Waals surface area contributed by atoms with Gasteiger partial charge in [-0.1, -0.05) is 0 Å². The molecule has 1 aromatic carbocycles. The SMILES string of the molecule is N#[N+]c1ccc(C(CN(CC(=O)O)CC(=O)O)N(CC(=O)O)CC(=O)O)cc1.[Cl-]. The molecule has 1 aromatic rings. The van der Waals surface area contributed by atoms with Crippen LogP contribution in [0.4, 0.5) is 5.69 Å². The molecule has 0 aliphatic heterocycles. The van der Waals surface area contributed by atoms with Gasteiger partial charge in [-0.25, -0.2) is 0 Å². The first kappa shape index (κ1) is 25.7. The van der Waals surface area contributed by atoms with Crippen molar-refractivity contribution in [3.05, 3.63) is 34.8 Å². The van der Waals surface area contributed by atoms with Crippen molar-refractivity contribution in [1.29, 1.82) is 5.39 Å². The number of halogens is 1. The molecule has 29 heavy (non-hydrogen) atoms. The highest BCUT2D eigenvalue weighted by atomic mass is 35.5. The van der Waals surface area contributed by atoms with Gasteiger partial charge in [0.05, 0.1) is 26.2 Å².